The minimum Gasteiger partial charge on any atom is -0.478 e. The Morgan fingerprint density at radius 2 is 1.48 bits per heavy atom. The van der Waals surface area contributed by atoms with Gasteiger partial charge in [-0.3, -0.25) is 4.72 Å². The second kappa shape index (κ2) is 8.53. The van der Waals surface area contributed by atoms with Crippen molar-refractivity contribution < 1.29 is 31.5 Å². The van der Waals surface area contributed by atoms with Crippen LogP contribution in [0.15, 0.2) is 77.7 Å². The van der Waals surface area contributed by atoms with Crippen molar-refractivity contribution in [2.45, 2.75) is 11.1 Å². The van der Waals surface area contributed by atoms with E-state index in [1.54, 1.807) is 6.07 Å². The van der Waals surface area contributed by atoms with Gasteiger partial charge in [-0.2, -0.15) is 13.2 Å². The van der Waals surface area contributed by atoms with E-state index in [1.807, 2.05) is 0 Å². The molecule has 0 aliphatic carbocycles. The van der Waals surface area contributed by atoms with Crippen molar-refractivity contribution in [1.29, 1.82) is 0 Å². The highest BCUT2D eigenvalue weighted by atomic mass is 32.2. The molecule has 5 nitrogen and oxygen atoms in total. The Hall–Kier alpha value is -3.77. The highest BCUT2D eigenvalue weighted by molar-refractivity contribution is 7.92. The Morgan fingerprint density at radius 1 is 0.871 bits per heavy atom. The van der Waals surface area contributed by atoms with Crippen LogP contribution in [0.25, 0.3) is 0 Å². The molecule has 31 heavy (non-hydrogen) atoms. The quantitative estimate of drug-likeness (QED) is 0.575. The van der Waals surface area contributed by atoms with Gasteiger partial charge in [0.1, 0.15) is 4.90 Å². The van der Waals surface area contributed by atoms with Crippen LogP contribution in [0.2, 0.25) is 0 Å². The molecule has 0 aromatic heterocycles. The van der Waals surface area contributed by atoms with E-state index in [1.165, 1.54) is 54.6 Å². The van der Waals surface area contributed by atoms with Gasteiger partial charge in [-0.15, -0.1) is 0 Å². The van der Waals surface area contributed by atoms with Crippen LogP contribution in [-0.2, 0) is 16.2 Å². The van der Waals surface area contributed by atoms with Crippen LogP contribution < -0.4 is 4.72 Å². The van der Waals surface area contributed by atoms with Gasteiger partial charge in [-0.1, -0.05) is 36.1 Å². The van der Waals surface area contributed by atoms with E-state index in [4.69, 9.17) is 0 Å². The van der Waals surface area contributed by atoms with Gasteiger partial charge in [-0.05, 0) is 48.5 Å². The number of alkyl halides is 3. The summed E-state index contributed by atoms with van der Waals surface area (Å²) in [5, 5.41) is 9.21. The molecular weight excluding hydrogens is 431 g/mol. The Labute approximate surface area is 176 Å². The number of rotatable bonds is 4. The minimum absolute atomic E-state index is 0.121. The number of hydrogen-bond donors (Lipinski definition) is 2. The molecule has 9 heteroatoms. The topological polar surface area (TPSA) is 83.5 Å². The van der Waals surface area contributed by atoms with Crippen molar-refractivity contribution in [1.82, 2.24) is 0 Å². The number of nitrogens with one attached hydrogen (secondary N) is 1. The third-order valence-corrected chi connectivity index (χ3v) is 5.50. The lowest BCUT2D eigenvalue weighted by Crippen LogP contribution is -2.16. The maximum absolute atomic E-state index is 12.8. The molecule has 0 radical (unpaired) electrons. The molecule has 0 aliphatic rings. The number of sulfonamides is 1. The van der Waals surface area contributed by atoms with E-state index in [9.17, 15) is 31.5 Å². The molecule has 0 unspecified atom stereocenters. The Kier molecular flexibility index (Phi) is 6.04. The summed E-state index contributed by atoms with van der Waals surface area (Å²) in [6.45, 7) is 0. The van der Waals surface area contributed by atoms with Crippen LogP contribution in [0.1, 0.15) is 27.0 Å². The molecule has 2 N–H and O–H groups in total. The fourth-order valence-corrected chi connectivity index (χ4v) is 3.92. The number of anilines is 1. The number of carbonyl (C=O) groups is 1. The predicted octanol–water partition coefficient (Wildman–Crippen LogP) is 4.60. The highest BCUT2D eigenvalue weighted by Crippen LogP contribution is 2.29. The number of carboxylic acid groups (broad SMARTS) is 1. The molecule has 3 aromatic carbocycles. The zero-order chi connectivity index (χ0) is 22.6. The van der Waals surface area contributed by atoms with Gasteiger partial charge in [0, 0.05) is 11.1 Å². The molecule has 0 atom stereocenters. The number of halogens is 3. The maximum atomic E-state index is 12.8. The van der Waals surface area contributed by atoms with E-state index >= 15 is 0 Å². The summed E-state index contributed by atoms with van der Waals surface area (Å²) in [5.41, 5.74) is -0.579. The SMILES string of the molecule is O=C(O)c1ccccc1S(=O)(=O)Nc1cccc(C#Cc2cccc(C(F)(F)F)c2)c1. The number of aromatic carboxylic acids is 1. The molecule has 0 saturated carbocycles. The summed E-state index contributed by atoms with van der Waals surface area (Å²) in [6.07, 6.45) is -4.48. The van der Waals surface area contributed by atoms with Gasteiger partial charge in [0.15, 0.2) is 0 Å². The van der Waals surface area contributed by atoms with E-state index < -0.39 is 32.6 Å². The van der Waals surface area contributed by atoms with Gasteiger partial charge < -0.3 is 5.11 Å². The Bertz CT molecular complexity index is 1310. The third-order valence-electron chi connectivity index (χ3n) is 4.06. The third kappa shape index (κ3) is 5.43. The van der Waals surface area contributed by atoms with Crippen molar-refractivity contribution in [3.63, 3.8) is 0 Å². The fourth-order valence-electron chi connectivity index (χ4n) is 2.67. The zero-order valence-electron chi connectivity index (χ0n) is 15.6. The lowest BCUT2D eigenvalue weighted by molar-refractivity contribution is -0.137. The lowest BCUT2D eigenvalue weighted by Gasteiger charge is -2.10. The molecule has 0 amide bonds. The summed E-state index contributed by atoms with van der Waals surface area (Å²) >= 11 is 0. The van der Waals surface area contributed by atoms with Gasteiger partial charge in [0.05, 0.1) is 16.8 Å². The maximum Gasteiger partial charge on any atom is 0.416 e. The summed E-state index contributed by atoms with van der Waals surface area (Å²) in [7, 11) is -4.20. The highest BCUT2D eigenvalue weighted by Gasteiger charge is 2.30. The minimum atomic E-state index is -4.48. The van der Waals surface area contributed by atoms with Crippen molar-refractivity contribution in [2.75, 3.05) is 4.72 Å². The number of hydrogen-bond acceptors (Lipinski definition) is 3. The summed E-state index contributed by atoms with van der Waals surface area (Å²) in [6, 6.07) is 15.6. The van der Waals surface area contributed by atoms with Gasteiger partial charge in [0.25, 0.3) is 10.0 Å². The largest absolute Gasteiger partial charge is 0.478 e. The van der Waals surface area contributed by atoms with E-state index in [2.05, 4.69) is 16.6 Å². The first-order chi connectivity index (χ1) is 14.6. The van der Waals surface area contributed by atoms with Crippen LogP contribution in [-0.4, -0.2) is 19.5 Å². The molecule has 0 spiro atoms. The van der Waals surface area contributed by atoms with Crippen molar-refractivity contribution in [3.8, 4) is 11.8 Å². The first-order valence-electron chi connectivity index (χ1n) is 8.71. The number of benzene rings is 3. The first-order valence-corrected chi connectivity index (χ1v) is 10.2. The molecule has 0 fully saturated rings. The molecule has 0 saturated heterocycles. The van der Waals surface area contributed by atoms with Crippen LogP contribution in [0.3, 0.4) is 0 Å². The molecular formula is C22H14F3NO4S. The van der Waals surface area contributed by atoms with Gasteiger partial charge in [0.2, 0.25) is 0 Å². The first kappa shape index (κ1) is 21.9. The average Bonchev–Trinajstić information content (AvgIpc) is 2.72. The standard InChI is InChI=1S/C22H14F3NO4S/c23-22(24,25)17-7-3-5-15(13-17)11-12-16-6-4-8-18(14-16)26-31(29,30)20-10-2-1-9-19(20)21(27)28/h1-10,13-14,26H,(H,27,28). The van der Waals surface area contributed by atoms with E-state index in [-0.39, 0.29) is 16.8 Å². The normalized spacial score (nSPS) is 11.3. The van der Waals surface area contributed by atoms with Crippen molar-refractivity contribution >= 4 is 21.7 Å². The monoisotopic (exact) mass is 445 g/mol. The van der Waals surface area contributed by atoms with E-state index in [0.717, 1.165) is 12.1 Å². The summed E-state index contributed by atoms with van der Waals surface area (Å²) in [4.78, 5) is 10.9. The summed E-state index contributed by atoms with van der Waals surface area (Å²) in [5.74, 6) is 3.92. The van der Waals surface area contributed by atoms with Crippen molar-refractivity contribution in [3.05, 3.63) is 95.1 Å². The zero-order valence-corrected chi connectivity index (χ0v) is 16.5. The second-order valence-corrected chi connectivity index (χ2v) is 7.97. The fraction of sp³-hybridized carbons (Fsp3) is 0.0455. The predicted molar refractivity (Wildman–Crippen MR) is 108 cm³/mol. The molecule has 3 aromatic rings. The van der Waals surface area contributed by atoms with Gasteiger partial charge >= 0.3 is 12.1 Å². The number of carboxylic acids is 1. The molecule has 0 heterocycles. The molecule has 0 bridgehead atoms. The molecule has 158 valence electrons. The lowest BCUT2D eigenvalue weighted by atomic mass is 10.1. The second-order valence-electron chi connectivity index (χ2n) is 6.32. The van der Waals surface area contributed by atoms with Crippen LogP contribution in [0.4, 0.5) is 18.9 Å². The average molecular weight is 445 g/mol. The smallest absolute Gasteiger partial charge is 0.416 e. The van der Waals surface area contributed by atoms with E-state index in [0.29, 0.717) is 5.56 Å². The van der Waals surface area contributed by atoms with Crippen LogP contribution in [0, 0.1) is 11.8 Å². The van der Waals surface area contributed by atoms with Crippen LogP contribution >= 0.6 is 0 Å². The van der Waals surface area contributed by atoms with Crippen LogP contribution in [0.5, 0.6) is 0 Å². The van der Waals surface area contributed by atoms with Gasteiger partial charge in [-0.25, -0.2) is 13.2 Å². The van der Waals surface area contributed by atoms with Crippen molar-refractivity contribution in [2.24, 2.45) is 0 Å². The molecule has 3 rings (SSSR count). The summed E-state index contributed by atoms with van der Waals surface area (Å²) < 4.78 is 66.0. The Morgan fingerprint density at radius 3 is 2.13 bits per heavy atom. The Balaban J connectivity index is 1.87. The molecule has 0 aliphatic heterocycles.